The van der Waals surface area contributed by atoms with Gasteiger partial charge in [-0.05, 0) is 24.1 Å². The van der Waals surface area contributed by atoms with Gasteiger partial charge in [-0.25, -0.2) is 4.79 Å². The number of aromatic carboxylic acids is 1. The molecule has 1 rings (SSSR count). The highest BCUT2D eigenvalue weighted by Crippen LogP contribution is 2.21. The van der Waals surface area contributed by atoms with Gasteiger partial charge in [-0.3, -0.25) is 4.79 Å². The Bertz CT molecular complexity index is 491. The van der Waals surface area contributed by atoms with Gasteiger partial charge < -0.3 is 16.2 Å². The van der Waals surface area contributed by atoms with Crippen molar-refractivity contribution in [3.05, 3.63) is 28.8 Å². The molecule has 4 N–H and O–H groups in total. The number of carboxylic acids is 1. The van der Waals surface area contributed by atoms with E-state index in [1.165, 1.54) is 18.2 Å². The summed E-state index contributed by atoms with van der Waals surface area (Å²) in [4.78, 5) is 22.8. The lowest BCUT2D eigenvalue weighted by atomic mass is 9.99. The first-order chi connectivity index (χ1) is 8.86. The maximum atomic E-state index is 11.9. The Kier molecular flexibility index (Phi) is 5.32. The molecule has 0 aliphatic carbocycles. The van der Waals surface area contributed by atoms with E-state index in [0.717, 1.165) is 6.42 Å². The van der Waals surface area contributed by atoms with Crippen molar-refractivity contribution in [2.45, 2.75) is 26.3 Å². The maximum Gasteiger partial charge on any atom is 0.337 e. The maximum absolute atomic E-state index is 11.9. The van der Waals surface area contributed by atoms with Crippen LogP contribution in [0.25, 0.3) is 0 Å². The van der Waals surface area contributed by atoms with Gasteiger partial charge in [0.15, 0.2) is 0 Å². The van der Waals surface area contributed by atoms with E-state index in [1.807, 2.05) is 13.8 Å². The number of carbonyl (C=O) groups excluding carboxylic acids is 1. The summed E-state index contributed by atoms with van der Waals surface area (Å²) in [5.41, 5.74) is 6.10. The van der Waals surface area contributed by atoms with Crippen LogP contribution in [0, 0.1) is 5.92 Å². The van der Waals surface area contributed by atoms with E-state index in [-0.39, 0.29) is 22.4 Å². The molecule has 2 atom stereocenters. The van der Waals surface area contributed by atoms with E-state index >= 15 is 0 Å². The molecule has 19 heavy (non-hydrogen) atoms. The van der Waals surface area contributed by atoms with Crippen molar-refractivity contribution >= 4 is 29.2 Å². The average molecular weight is 285 g/mol. The number of benzene rings is 1. The minimum absolute atomic E-state index is 0.0474. The monoisotopic (exact) mass is 284 g/mol. The zero-order valence-corrected chi connectivity index (χ0v) is 11.6. The molecule has 1 amide bonds. The highest BCUT2D eigenvalue weighted by Gasteiger charge is 2.20. The number of carbonyl (C=O) groups is 2. The predicted octanol–water partition coefficient (Wildman–Crippen LogP) is 2.35. The van der Waals surface area contributed by atoms with Crippen LogP contribution in [-0.2, 0) is 4.79 Å². The quantitative estimate of drug-likeness (QED) is 0.774. The van der Waals surface area contributed by atoms with Gasteiger partial charge in [-0.15, -0.1) is 0 Å². The number of carboxylic acid groups (broad SMARTS) is 1. The largest absolute Gasteiger partial charge is 0.478 e. The second-order valence-electron chi connectivity index (χ2n) is 4.40. The number of halogens is 1. The van der Waals surface area contributed by atoms with Gasteiger partial charge >= 0.3 is 5.97 Å². The molecular weight excluding hydrogens is 268 g/mol. The number of nitrogens with one attached hydrogen (secondary N) is 1. The molecule has 104 valence electrons. The summed E-state index contributed by atoms with van der Waals surface area (Å²) in [5.74, 6) is -1.44. The first-order valence-corrected chi connectivity index (χ1v) is 6.33. The molecule has 0 bridgehead atoms. The number of amides is 1. The lowest BCUT2D eigenvalue weighted by Gasteiger charge is -2.17. The van der Waals surface area contributed by atoms with E-state index in [1.54, 1.807) is 0 Å². The van der Waals surface area contributed by atoms with Crippen molar-refractivity contribution in [3.63, 3.8) is 0 Å². The van der Waals surface area contributed by atoms with Crippen LogP contribution in [0.3, 0.4) is 0 Å². The van der Waals surface area contributed by atoms with Crippen LogP contribution in [0.4, 0.5) is 5.69 Å². The molecule has 0 fully saturated rings. The molecule has 5 nitrogen and oxygen atoms in total. The van der Waals surface area contributed by atoms with E-state index < -0.39 is 12.0 Å². The molecule has 0 spiro atoms. The standard InChI is InChI=1S/C13H17ClN2O3/c1-3-7(2)11(15)12(17)16-8-4-5-10(14)9(6-8)13(18)19/h4-7,11H,3,15H2,1-2H3,(H,16,17)(H,18,19)/t7-,11-/m0/s1. The molecule has 0 unspecified atom stereocenters. The molecular formula is C13H17ClN2O3. The molecule has 0 aliphatic heterocycles. The Morgan fingerprint density at radius 3 is 2.63 bits per heavy atom. The van der Waals surface area contributed by atoms with Gasteiger partial charge in [0.05, 0.1) is 16.6 Å². The van der Waals surface area contributed by atoms with Crippen LogP contribution in [-0.4, -0.2) is 23.0 Å². The van der Waals surface area contributed by atoms with Gasteiger partial charge in [-0.2, -0.15) is 0 Å². The fraction of sp³-hybridized carbons (Fsp3) is 0.385. The minimum Gasteiger partial charge on any atom is -0.478 e. The van der Waals surface area contributed by atoms with Gasteiger partial charge in [0.25, 0.3) is 0 Å². The third-order valence-electron chi connectivity index (χ3n) is 3.02. The Hall–Kier alpha value is -1.59. The van der Waals surface area contributed by atoms with E-state index in [9.17, 15) is 9.59 Å². The van der Waals surface area contributed by atoms with E-state index in [4.69, 9.17) is 22.4 Å². The molecule has 0 aromatic heterocycles. The number of anilines is 1. The predicted molar refractivity (Wildman–Crippen MR) is 74.5 cm³/mol. The van der Waals surface area contributed by atoms with Crippen molar-refractivity contribution < 1.29 is 14.7 Å². The highest BCUT2D eigenvalue weighted by atomic mass is 35.5. The Morgan fingerprint density at radius 2 is 2.11 bits per heavy atom. The summed E-state index contributed by atoms with van der Waals surface area (Å²) in [6.45, 7) is 3.83. The zero-order valence-electron chi connectivity index (χ0n) is 10.8. The zero-order chi connectivity index (χ0) is 14.6. The van der Waals surface area contributed by atoms with Crippen molar-refractivity contribution in [2.24, 2.45) is 11.7 Å². The lowest BCUT2D eigenvalue weighted by Crippen LogP contribution is -2.40. The summed E-state index contributed by atoms with van der Waals surface area (Å²) < 4.78 is 0. The SMILES string of the molecule is CC[C@H](C)[C@H](N)C(=O)Nc1ccc(Cl)c(C(=O)O)c1. The fourth-order valence-electron chi connectivity index (χ4n) is 1.50. The average Bonchev–Trinajstić information content (AvgIpc) is 2.38. The number of nitrogens with two attached hydrogens (primary N) is 1. The van der Waals surface area contributed by atoms with Gasteiger partial charge in [0.1, 0.15) is 0 Å². The molecule has 0 heterocycles. The first-order valence-electron chi connectivity index (χ1n) is 5.96. The van der Waals surface area contributed by atoms with Crippen LogP contribution in [0.2, 0.25) is 5.02 Å². The summed E-state index contributed by atoms with van der Waals surface area (Å²) in [6.07, 6.45) is 0.787. The second kappa shape index (κ2) is 6.54. The Labute approximate surface area is 116 Å². The van der Waals surface area contributed by atoms with Crippen molar-refractivity contribution in [1.82, 2.24) is 0 Å². The minimum atomic E-state index is -1.15. The van der Waals surface area contributed by atoms with Crippen LogP contribution in [0.5, 0.6) is 0 Å². The van der Waals surface area contributed by atoms with E-state index in [0.29, 0.717) is 5.69 Å². The topological polar surface area (TPSA) is 92.4 Å². The van der Waals surface area contributed by atoms with Crippen LogP contribution in [0.15, 0.2) is 18.2 Å². The van der Waals surface area contributed by atoms with Crippen LogP contribution in [0.1, 0.15) is 30.6 Å². The number of hydrogen-bond acceptors (Lipinski definition) is 3. The normalized spacial score (nSPS) is 13.7. The van der Waals surface area contributed by atoms with Crippen molar-refractivity contribution in [3.8, 4) is 0 Å². The van der Waals surface area contributed by atoms with Gasteiger partial charge in [0.2, 0.25) is 5.91 Å². The molecule has 0 aliphatic rings. The van der Waals surface area contributed by atoms with Crippen LogP contribution < -0.4 is 11.1 Å². The Morgan fingerprint density at radius 1 is 1.47 bits per heavy atom. The molecule has 0 saturated carbocycles. The highest BCUT2D eigenvalue weighted by molar-refractivity contribution is 6.33. The van der Waals surface area contributed by atoms with E-state index in [2.05, 4.69) is 5.32 Å². The molecule has 6 heteroatoms. The third-order valence-corrected chi connectivity index (χ3v) is 3.35. The van der Waals surface area contributed by atoms with Gasteiger partial charge in [0, 0.05) is 5.69 Å². The molecule has 1 aromatic carbocycles. The summed E-state index contributed by atoms with van der Waals surface area (Å²) in [6, 6.07) is 3.64. The van der Waals surface area contributed by atoms with Crippen molar-refractivity contribution in [2.75, 3.05) is 5.32 Å². The smallest absolute Gasteiger partial charge is 0.337 e. The molecule has 0 radical (unpaired) electrons. The second-order valence-corrected chi connectivity index (χ2v) is 4.81. The fourth-order valence-corrected chi connectivity index (χ4v) is 1.70. The summed E-state index contributed by atoms with van der Waals surface area (Å²) in [7, 11) is 0. The van der Waals surface area contributed by atoms with Gasteiger partial charge in [-0.1, -0.05) is 31.9 Å². The number of hydrogen-bond donors (Lipinski definition) is 3. The van der Waals surface area contributed by atoms with Crippen LogP contribution >= 0.6 is 11.6 Å². The van der Waals surface area contributed by atoms with Crippen molar-refractivity contribution in [1.29, 1.82) is 0 Å². The summed E-state index contributed by atoms with van der Waals surface area (Å²) >= 11 is 5.74. The first kappa shape index (κ1) is 15.5. The summed E-state index contributed by atoms with van der Waals surface area (Å²) in [5, 5.41) is 11.7. The number of rotatable bonds is 5. The Balaban J connectivity index is 2.86. The third kappa shape index (κ3) is 3.94. The lowest BCUT2D eigenvalue weighted by molar-refractivity contribution is -0.118. The molecule has 0 saturated heterocycles. The molecule has 1 aromatic rings.